The lowest BCUT2D eigenvalue weighted by molar-refractivity contribution is -0.394. The molecule has 0 N–H and O–H groups in total. The second-order valence-electron chi connectivity index (χ2n) is 6.93. The first-order chi connectivity index (χ1) is 16.3. The molecular weight excluding hydrogens is 486 g/mol. The van der Waals surface area contributed by atoms with Crippen LogP contribution in [0.4, 0.5) is 16.5 Å². The summed E-state index contributed by atoms with van der Waals surface area (Å²) in [5, 5.41) is 23.3. The van der Waals surface area contributed by atoms with E-state index in [1.54, 1.807) is 36.7 Å². The van der Waals surface area contributed by atoms with Gasteiger partial charge in [-0.15, -0.1) is 0 Å². The number of fused-ring (bicyclic) bond motifs is 1. The highest BCUT2D eigenvalue weighted by Crippen LogP contribution is 2.39. The largest absolute Gasteiger partial charge is 0.494 e. The van der Waals surface area contributed by atoms with Crippen LogP contribution in [-0.2, 0) is 6.54 Å². The Labute approximate surface area is 200 Å². The molecule has 4 aromatic rings. The zero-order valence-electron chi connectivity index (χ0n) is 17.4. The molecule has 1 amide bonds. The number of hydrogen-bond donors (Lipinski definition) is 0. The first kappa shape index (κ1) is 23.0. The summed E-state index contributed by atoms with van der Waals surface area (Å²) in [6.45, 7) is 0.00290. The monoisotopic (exact) mass is 499 g/mol. The summed E-state index contributed by atoms with van der Waals surface area (Å²) >= 11 is 7.44. The number of thiazole rings is 1. The van der Waals surface area contributed by atoms with Crippen molar-refractivity contribution >= 4 is 55.6 Å². The van der Waals surface area contributed by atoms with Crippen molar-refractivity contribution in [3.05, 3.63) is 91.2 Å². The Morgan fingerprint density at radius 3 is 2.44 bits per heavy atom. The third-order valence-electron chi connectivity index (χ3n) is 4.78. The summed E-state index contributed by atoms with van der Waals surface area (Å²) in [4.78, 5) is 44.5. The molecule has 0 bridgehead atoms. The molecule has 2 aromatic heterocycles. The molecule has 0 radical (unpaired) electrons. The van der Waals surface area contributed by atoms with E-state index in [1.807, 2.05) is 0 Å². The molecule has 0 aliphatic rings. The van der Waals surface area contributed by atoms with E-state index in [1.165, 1.54) is 12.0 Å². The van der Waals surface area contributed by atoms with E-state index in [0.29, 0.717) is 26.6 Å². The van der Waals surface area contributed by atoms with Crippen LogP contribution < -0.4 is 9.64 Å². The number of anilines is 1. The van der Waals surface area contributed by atoms with Crippen molar-refractivity contribution in [2.24, 2.45) is 0 Å². The number of carbonyl (C=O) groups is 1. The first-order valence-electron chi connectivity index (χ1n) is 9.56. The van der Waals surface area contributed by atoms with Crippen molar-refractivity contribution in [2.45, 2.75) is 6.54 Å². The highest BCUT2D eigenvalue weighted by molar-refractivity contribution is 7.23. The van der Waals surface area contributed by atoms with Gasteiger partial charge in [0.1, 0.15) is 11.3 Å². The number of hydrogen-bond acceptors (Lipinski definition) is 9. The lowest BCUT2D eigenvalue weighted by Crippen LogP contribution is -2.30. The van der Waals surface area contributed by atoms with Crippen molar-refractivity contribution in [1.29, 1.82) is 0 Å². The van der Waals surface area contributed by atoms with E-state index >= 15 is 0 Å². The number of halogens is 1. The number of rotatable bonds is 7. The molecule has 0 unspecified atom stereocenters. The number of pyridine rings is 1. The molecule has 34 heavy (non-hydrogen) atoms. The quantitative estimate of drug-likeness (QED) is 0.255. The fourth-order valence-electron chi connectivity index (χ4n) is 3.21. The van der Waals surface area contributed by atoms with Crippen LogP contribution >= 0.6 is 22.9 Å². The molecule has 0 saturated carbocycles. The summed E-state index contributed by atoms with van der Waals surface area (Å²) in [5.41, 5.74) is -0.306. The first-order valence-corrected chi connectivity index (χ1v) is 10.8. The fourth-order valence-corrected chi connectivity index (χ4v) is 4.46. The number of methoxy groups -OCH3 is 1. The lowest BCUT2D eigenvalue weighted by atomic mass is 10.1. The third kappa shape index (κ3) is 4.49. The Balaban J connectivity index is 1.87. The number of non-ortho nitro benzene ring substituents is 2. The van der Waals surface area contributed by atoms with Gasteiger partial charge in [-0.2, -0.15) is 0 Å². The number of carbonyl (C=O) groups excluding carboxylic acids is 1. The Hall–Kier alpha value is -4.16. The maximum absolute atomic E-state index is 13.6. The van der Waals surface area contributed by atoms with Crippen LogP contribution in [0.2, 0.25) is 5.02 Å². The van der Waals surface area contributed by atoms with Crippen LogP contribution in [0.3, 0.4) is 0 Å². The van der Waals surface area contributed by atoms with Gasteiger partial charge in [-0.1, -0.05) is 29.0 Å². The standard InChI is InChI=1S/C21H14ClN5O6S/c1-33-17-5-4-16(22)19-18(17)24-21(34-19)25(11-12-3-2-6-23-10-12)20(28)13-7-14(26(29)30)9-15(8-13)27(31)32/h2-10H,11H2,1H3. The zero-order chi connectivity index (χ0) is 24.4. The van der Waals surface area contributed by atoms with Gasteiger partial charge in [0.25, 0.3) is 17.3 Å². The van der Waals surface area contributed by atoms with Crippen LogP contribution in [0.5, 0.6) is 5.75 Å². The van der Waals surface area contributed by atoms with E-state index in [0.717, 1.165) is 29.5 Å². The summed E-state index contributed by atoms with van der Waals surface area (Å²) < 4.78 is 5.92. The molecule has 13 heteroatoms. The smallest absolute Gasteiger partial charge is 0.277 e. The highest BCUT2D eigenvalue weighted by atomic mass is 35.5. The van der Waals surface area contributed by atoms with E-state index in [9.17, 15) is 25.0 Å². The maximum atomic E-state index is 13.6. The molecule has 2 heterocycles. The Bertz CT molecular complexity index is 1400. The molecule has 0 fully saturated rings. The second-order valence-corrected chi connectivity index (χ2v) is 8.31. The van der Waals surface area contributed by atoms with Crippen molar-refractivity contribution in [1.82, 2.24) is 9.97 Å². The minimum absolute atomic E-state index is 0.00290. The van der Waals surface area contributed by atoms with Gasteiger partial charge in [-0.25, -0.2) is 4.98 Å². The predicted octanol–water partition coefficient (Wildman–Crippen LogP) is 5.02. The molecular formula is C21H14ClN5O6S. The van der Waals surface area contributed by atoms with Gasteiger partial charge in [-0.05, 0) is 23.8 Å². The Kier molecular flexibility index (Phi) is 6.34. The number of aromatic nitrogens is 2. The summed E-state index contributed by atoms with van der Waals surface area (Å²) in [6.07, 6.45) is 3.12. The Morgan fingerprint density at radius 1 is 1.15 bits per heavy atom. The molecule has 0 aliphatic carbocycles. The minimum Gasteiger partial charge on any atom is -0.494 e. The van der Waals surface area contributed by atoms with Crippen LogP contribution in [-0.4, -0.2) is 32.8 Å². The van der Waals surface area contributed by atoms with Crippen LogP contribution in [0.25, 0.3) is 10.2 Å². The van der Waals surface area contributed by atoms with E-state index in [2.05, 4.69) is 9.97 Å². The summed E-state index contributed by atoms with van der Waals surface area (Å²) in [7, 11) is 1.47. The Morgan fingerprint density at radius 2 is 1.85 bits per heavy atom. The van der Waals surface area contributed by atoms with Gasteiger partial charge in [0.05, 0.1) is 44.9 Å². The van der Waals surface area contributed by atoms with Crippen LogP contribution in [0.15, 0.2) is 54.9 Å². The zero-order valence-corrected chi connectivity index (χ0v) is 18.9. The van der Waals surface area contributed by atoms with Crippen molar-refractivity contribution in [2.75, 3.05) is 12.0 Å². The molecule has 0 atom stereocenters. The molecule has 172 valence electrons. The van der Waals surface area contributed by atoms with Crippen molar-refractivity contribution in [3.8, 4) is 5.75 Å². The lowest BCUT2D eigenvalue weighted by Gasteiger charge is -2.20. The topological polar surface area (TPSA) is 142 Å². The number of amides is 1. The molecule has 2 aromatic carbocycles. The second kappa shape index (κ2) is 9.37. The van der Waals surface area contributed by atoms with E-state index < -0.39 is 27.1 Å². The van der Waals surface area contributed by atoms with Gasteiger partial charge >= 0.3 is 0 Å². The summed E-state index contributed by atoms with van der Waals surface area (Å²) in [6, 6.07) is 9.50. The molecule has 0 spiro atoms. The van der Waals surface area contributed by atoms with E-state index in [4.69, 9.17) is 16.3 Å². The fraction of sp³-hybridized carbons (Fsp3) is 0.0952. The highest BCUT2D eigenvalue weighted by Gasteiger charge is 2.27. The minimum atomic E-state index is -0.794. The number of nitrogens with zero attached hydrogens (tertiary/aromatic N) is 5. The van der Waals surface area contributed by atoms with Gasteiger partial charge in [-0.3, -0.25) is 34.9 Å². The summed E-state index contributed by atoms with van der Waals surface area (Å²) in [5.74, 6) is -0.272. The van der Waals surface area contributed by atoms with Crippen molar-refractivity contribution < 1.29 is 19.4 Å². The third-order valence-corrected chi connectivity index (χ3v) is 6.32. The SMILES string of the molecule is COc1ccc(Cl)c2sc(N(Cc3cccnc3)C(=O)c3cc([N+](=O)[O-])cc([N+](=O)[O-])c3)nc12. The van der Waals surface area contributed by atoms with Crippen LogP contribution in [0, 0.1) is 20.2 Å². The maximum Gasteiger partial charge on any atom is 0.277 e. The molecule has 0 saturated heterocycles. The van der Waals surface area contributed by atoms with Crippen LogP contribution in [0.1, 0.15) is 15.9 Å². The number of nitro benzene ring substituents is 2. The molecule has 11 nitrogen and oxygen atoms in total. The number of benzene rings is 2. The average Bonchev–Trinajstić information content (AvgIpc) is 3.29. The molecule has 0 aliphatic heterocycles. The van der Waals surface area contributed by atoms with Gasteiger partial charge in [0, 0.05) is 24.5 Å². The predicted molar refractivity (Wildman–Crippen MR) is 126 cm³/mol. The number of nitro groups is 2. The average molecular weight is 500 g/mol. The number of ether oxygens (including phenoxy) is 1. The molecule has 4 rings (SSSR count). The normalized spacial score (nSPS) is 10.8. The van der Waals surface area contributed by atoms with Gasteiger partial charge in [0.2, 0.25) is 0 Å². The van der Waals surface area contributed by atoms with Gasteiger partial charge < -0.3 is 4.74 Å². The van der Waals surface area contributed by atoms with E-state index in [-0.39, 0.29) is 17.2 Å². The van der Waals surface area contributed by atoms with Gasteiger partial charge in [0.15, 0.2) is 5.13 Å². The van der Waals surface area contributed by atoms with Crippen molar-refractivity contribution in [3.63, 3.8) is 0 Å².